The van der Waals surface area contributed by atoms with Crippen LogP contribution in [0.3, 0.4) is 0 Å². The Morgan fingerprint density at radius 1 is 1.38 bits per heavy atom. The molecule has 3 nitrogen and oxygen atoms in total. The molecule has 0 unspecified atom stereocenters. The number of carbonyl (C=O) groups excluding carboxylic acids is 1. The molecule has 84 valence electrons. The average Bonchev–Trinajstić information content (AvgIpc) is 2.87. The third-order valence-corrected chi connectivity index (χ3v) is 3.82. The molecule has 2 aromatic rings. The molecule has 0 saturated carbocycles. The van der Waals surface area contributed by atoms with Gasteiger partial charge in [0.05, 0.1) is 5.56 Å². The molecule has 0 atom stereocenters. The molecule has 3 N–H and O–H groups in total. The Kier molecular flexibility index (Phi) is 3.71. The quantitative estimate of drug-likeness (QED) is 0.857. The van der Waals surface area contributed by atoms with Crippen molar-refractivity contribution in [3.05, 3.63) is 44.3 Å². The summed E-state index contributed by atoms with van der Waals surface area (Å²) < 4.78 is 0. The van der Waals surface area contributed by atoms with Crippen LogP contribution in [0.25, 0.3) is 0 Å². The van der Waals surface area contributed by atoms with E-state index in [9.17, 15) is 4.79 Å². The van der Waals surface area contributed by atoms with E-state index >= 15 is 0 Å². The third kappa shape index (κ3) is 2.91. The topological polar surface area (TPSA) is 55.1 Å². The molecule has 0 spiro atoms. The predicted octanol–water partition coefficient (Wildman–Crippen LogP) is 2.20. The van der Waals surface area contributed by atoms with Gasteiger partial charge in [0.15, 0.2) is 0 Å². The summed E-state index contributed by atoms with van der Waals surface area (Å²) in [4.78, 5) is 12.0. The highest BCUT2D eigenvalue weighted by Gasteiger charge is 2.04. The Morgan fingerprint density at radius 3 is 2.88 bits per heavy atom. The summed E-state index contributed by atoms with van der Waals surface area (Å²) in [6.45, 7) is 1.63. The standard InChI is InChI=1S/C11H12N2OS2/c12-11(14)9-3-10(16-7-9)5-13-4-8-1-2-15-6-8/h1-3,6-7,13H,4-5H2,(H2,12,14). The van der Waals surface area contributed by atoms with Crippen LogP contribution in [0.5, 0.6) is 0 Å². The third-order valence-electron chi connectivity index (χ3n) is 2.15. The Balaban J connectivity index is 1.83. The molecule has 0 aliphatic heterocycles. The molecule has 0 aliphatic rings. The molecular weight excluding hydrogens is 240 g/mol. The maximum atomic E-state index is 10.9. The fourth-order valence-electron chi connectivity index (χ4n) is 1.33. The van der Waals surface area contributed by atoms with Gasteiger partial charge < -0.3 is 11.1 Å². The fraction of sp³-hybridized carbons (Fsp3) is 0.182. The van der Waals surface area contributed by atoms with Gasteiger partial charge in [-0.05, 0) is 28.5 Å². The lowest BCUT2D eigenvalue weighted by molar-refractivity contribution is 0.100. The van der Waals surface area contributed by atoms with Gasteiger partial charge in [0.1, 0.15) is 0 Å². The van der Waals surface area contributed by atoms with Crippen molar-refractivity contribution in [1.82, 2.24) is 5.32 Å². The smallest absolute Gasteiger partial charge is 0.249 e. The molecule has 0 bridgehead atoms. The van der Waals surface area contributed by atoms with Crippen LogP contribution >= 0.6 is 22.7 Å². The second-order valence-corrected chi connectivity index (χ2v) is 5.18. The van der Waals surface area contributed by atoms with Crippen LogP contribution in [-0.4, -0.2) is 5.91 Å². The molecule has 0 aliphatic carbocycles. The first-order valence-corrected chi connectivity index (χ1v) is 6.67. The van der Waals surface area contributed by atoms with Gasteiger partial charge in [-0.25, -0.2) is 0 Å². The van der Waals surface area contributed by atoms with Crippen molar-refractivity contribution in [3.8, 4) is 0 Å². The number of rotatable bonds is 5. The van der Waals surface area contributed by atoms with E-state index in [-0.39, 0.29) is 5.91 Å². The van der Waals surface area contributed by atoms with Crippen molar-refractivity contribution in [2.24, 2.45) is 5.73 Å². The molecular formula is C11H12N2OS2. The number of nitrogens with one attached hydrogen (secondary N) is 1. The van der Waals surface area contributed by atoms with E-state index in [1.807, 2.05) is 6.07 Å². The van der Waals surface area contributed by atoms with Crippen molar-refractivity contribution in [1.29, 1.82) is 0 Å². The zero-order valence-corrected chi connectivity index (χ0v) is 10.2. The molecule has 0 saturated heterocycles. The normalized spacial score (nSPS) is 10.5. The molecule has 0 fully saturated rings. The minimum absolute atomic E-state index is 0.361. The zero-order chi connectivity index (χ0) is 11.4. The van der Waals surface area contributed by atoms with Crippen LogP contribution in [0.1, 0.15) is 20.8 Å². The number of amides is 1. The Bertz CT molecular complexity index is 462. The van der Waals surface area contributed by atoms with E-state index in [0.717, 1.165) is 18.0 Å². The summed E-state index contributed by atoms with van der Waals surface area (Å²) in [5, 5.41) is 9.30. The predicted molar refractivity (Wildman–Crippen MR) is 67.7 cm³/mol. The monoisotopic (exact) mass is 252 g/mol. The minimum Gasteiger partial charge on any atom is -0.366 e. The van der Waals surface area contributed by atoms with Crippen molar-refractivity contribution in [2.45, 2.75) is 13.1 Å². The molecule has 16 heavy (non-hydrogen) atoms. The van der Waals surface area contributed by atoms with Gasteiger partial charge >= 0.3 is 0 Å². The van der Waals surface area contributed by atoms with Crippen molar-refractivity contribution in [2.75, 3.05) is 0 Å². The van der Waals surface area contributed by atoms with Gasteiger partial charge in [0.2, 0.25) is 5.91 Å². The van der Waals surface area contributed by atoms with E-state index in [1.165, 1.54) is 5.56 Å². The average molecular weight is 252 g/mol. The van der Waals surface area contributed by atoms with Crippen LogP contribution in [0, 0.1) is 0 Å². The second kappa shape index (κ2) is 5.25. The summed E-state index contributed by atoms with van der Waals surface area (Å²) in [5.41, 5.74) is 7.06. The van der Waals surface area contributed by atoms with Crippen LogP contribution in [0.4, 0.5) is 0 Å². The van der Waals surface area contributed by atoms with E-state index in [2.05, 4.69) is 22.1 Å². The fourth-order valence-corrected chi connectivity index (χ4v) is 2.84. The summed E-state index contributed by atoms with van der Waals surface area (Å²) in [7, 11) is 0. The van der Waals surface area contributed by atoms with Gasteiger partial charge in [-0.3, -0.25) is 4.79 Å². The number of carbonyl (C=O) groups is 1. The van der Waals surface area contributed by atoms with Crippen molar-refractivity contribution >= 4 is 28.6 Å². The SMILES string of the molecule is NC(=O)c1csc(CNCc2ccsc2)c1. The van der Waals surface area contributed by atoms with Crippen molar-refractivity contribution in [3.63, 3.8) is 0 Å². The van der Waals surface area contributed by atoms with E-state index in [4.69, 9.17) is 5.73 Å². The van der Waals surface area contributed by atoms with Gasteiger partial charge in [-0.2, -0.15) is 11.3 Å². The summed E-state index contributed by atoms with van der Waals surface area (Å²) in [6, 6.07) is 3.94. The highest BCUT2D eigenvalue weighted by Crippen LogP contribution is 2.14. The van der Waals surface area contributed by atoms with E-state index in [1.54, 1.807) is 28.1 Å². The second-order valence-electron chi connectivity index (χ2n) is 3.40. The Morgan fingerprint density at radius 2 is 2.25 bits per heavy atom. The molecule has 5 heteroatoms. The molecule has 1 amide bonds. The molecule has 0 radical (unpaired) electrons. The minimum atomic E-state index is -0.361. The first-order chi connectivity index (χ1) is 7.75. The summed E-state index contributed by atoms with van der Waals surface area (Å²) in [5.74, 6) is -0.361. The lowest BCUT2D eigenvalue weighted by Crippen LogP contribution is -2.12. The van der Waals surface area contributed by atoms with Crippen LogP contribution in [0.2, 0.25) is 0 Å². The highest BCUT2D eigenvalue weighted by atomic mass is 32.1. The van der Waals surface area contributed by atoms with Gasteiger partial charge in [0.25, 0.3) is 0 Å². The summed E-state index contributed by atoms with van der Waals surface area (Å²) in [6.07, 6.45) is 0. The molecule has 2 rings (SSSR count). The Hall–Kier alpha value is -1.17. The largest absolute Gasteiger partial charge is 0.366 e. The first kappa shape index (κ1) is 11.3. The molecule has 2 heterocycles. The van der Waals surface area contributed by atoms with Crippen LogP contribution in [0.15, 0.2) is 28.3 Å². The highest BCUT2D eigenvalue weighted by molar-refractivity contribution is 7.10. The van der Waals surface area contributed by atoms with Gasteiger partial charge in [-0.1, -0.05) is 0 Å². The van der Waals surface area contributed by atoms with Crippen LogP contribution in [-0.2, 0) is 13.1 Å². The lowest BCUT2D eigenvalue weighted by Gasteiger charge is -1.99. The van der Waals surface area contributed by atoms with E-state index in [0.29, 0.717) is 5.56 Å². The molecule has 0 aromatic carbocycles. The van der Waals surface area contributed by atoms with Crippen LogP contribution < -0.4 is 11.1 Å². The first-order valence-electron chi connectivity index (χ1n) is 4.84. The number of nitrogens with two attached hydrogens (primary N) is 1. The maximum Gasteiger partial charge on any atom is 0.249 e. The maximum absolute atomic E-state index is 10.9. The van der Waals surface area contributed by atoms with Gasteiger partial charge in [-0.15, -0.1) is 11.3 Å². The lowest BCUT2D eigenvalue weighted by atomic mass is 10.3. The van der Waals surface area contributed by atoms with Crippen molar-refractivity contribution < 1.29 is 4.79 Å². The zero-order valence-electron chi connectivity index (χ0n) is 8.60. The number of hydrogen-bond donors (Lipinski definition) is 2. The molecule has 2 aromatic heterocycles. The Labute approximate surface area is 102 Å². The van der Waals surface area contributed by atoms with Gasteiger partial charge in [0, 0.05) is 23.3 Å². The number of hydrogen-bond acceptors (Lipinski definition) is 4. The number of primary amides is 1. The number of thiophene rings is 2. The summed E-state index contributed by atoms with van der Waals surface area (Å²) >= 11 is 3.25. The van der Waals surface area contributed by atoms with E-state index < -0.39 is 0 Å².